The van der Waals surface area contributed by atoms with Crippen molar-refractivity contribution >= 4 is 5.69 Å². The van der Waals surface area contributed by atoms with Gasteiger partial charge in [-0.05, 0) is 57.1 Å². The molecule has 2 rings (SSSR count). The van der Waals surface area contributed by atoms with Crippen molar-refractivity contribution < 1.29 is 4.74 Å². The first-order valence-corrected chi connectivity index (χ1v) is 7.70. The molecule has 0 heterocycles. The van der Waals surface area contributed by atoms with Crippen LogP contribution in [0.3, 0.4) is 0 Å². The molecular weight excluding hydrogens is 234 g/mol. The van der Waals surface area contributed by atoms with Crippen LogP contribution in [-0.2, 0) is 0 Å². The van der Waals surface area contributed by atoms with Crippen molar-refractivity contribution in [3.63, 3.8) is 0 Å². The molecule has 1 saturated carbocycles. The van der Waals surface area contributed by atoms with Gasteiger partial charge in [-0.1, -0.05) is 19.9 Å². The summed E-state index contributed by atoms with van der Waals surface area (Å²) in [5.41, 5.74) is 1.19. The molecule has 1 atom stereocenters. The van der Waals surface area contributed by atoms with E-state index < -0.39 is 0 Å². The van der Waals surface area contributed by atoms with E-state index in [1.807, 2.05) is 6.07 Å². The van der Waals surface area contributed by atoms with Crippen molar-refractivity contribution in [3.05, 3.63) is 24.3 Å². The van der Waals surface area contributed by atoms with Crippen molar-refractivity contribution in [2.45, 2.75) is 65.0 Å². The summed E-state index contributed by atoms with van der Waals surface area (Å²) in [6, 6.07) is 9.02. The number of rotatable bonds is 5. The molecule has 0 spiro atoms. The third-order valence-corrected chi connectivity index (χ3v) is 4.13. The molecule has 2 nitrogen and oxygen atoms in total. The summed E-state index contributed by atoms with van der Waals surface area (Å²) in [6.07, 6.45) is 6.60. The standard InChI is InChI=1S/C17H27NO/c1-4-14(3)19-17-7-5-6-16(12-17)18-15-10-8-13(2)9-11-15/h5-7,12-15,18H,4,8-11H2,1-3H3. The van der Waals surface area contributed by atoms with Gasteiger partial charge in [0.15, 0.2) is 0 Å². The van der Waals surface area contributed by atoms with E-state index in [1.54, 1.807) is 0 Å². The zero-order chi connectivity index (χ0) is 13.7. The molecule has 0 bridgehead atoms. The Balaban J connectivity index is 1.91. The quantitative estimate of drug-likeness (QED) is 0.817. The van der Waals surface area contributed by atoms with Gasteiger partial charge < -0.3 is 10.1 Å². The number of benzene rings is 1. The van der Waals surface area contributed by atoms with Gasteiger partial charge in [0.25, 0.3) is 0 Å². The second kappa shape index (κ2) is 6.83. The third kappa shape index (κ3) is 4.45. The summed E-state index contributed by atoms with van der Waals surface area (Å²) in [5, 5.41) is 3.65. The molecule has 2 heteroatoms. The van der Waals surface area contributed by atoms with Gasteiger partial charge in [0.2, 0.25) is 0 Å². The number of hydrogen-bond acceptors (Lipinski definition) is 2. The van der Waals surface area contributed by atoms with Crippen LogP contribution in [0.15, 0.2) is 24.3 Å². The fourth-order valence-corrected chi connectivity index (χ4v) is 2.61. The van der Waals surface area contributed by atoms with Gasteiger partial charge in [0.1, 0.15) is 5.75 Å². The number of hydrogen-bond donors (Lipinski definition) is 1. The fourth-order valence-electron chi connectivity index (χ4n) is 2.61. The van der Waals surface area contributed by atoms with Gasteiger partial charge in [-0.15, -0.1) is 0 Å². The van der Waals surface area contributed by atoms with Crippen LogP contribution in [0, 0.1) is 5.92 Å². The number of ether oxygens (including phenoxy) is 1. The first kappa shape index (κ1) is 14.2. The third-order valence-electron chi connectivity index (χ3n) is 4.13. The molecule has 1 aromatic rings. The summed E-state index contributed by atoms with van der Waals surface area (Å²) < 4.78 is 5.87. The molecule has 1 aliphatic rings. The van der Waals surface area contributed by atoms with Crippen molar-refractivity contribution in [3.8, 4) is 5.75 Å². The van der Waals surface area contributed by atoms with E-state index in [0.717, 1.165) is 18.1 Å². The summed E-state index contributed by atoms with van der Waals surface area (Å²) >= 11 is 0. The van der Waals surface area contributed by atoms with Crippen molar-refractivity contribution in [2.75, 3.05) is 5.32 Å². The Morgan fingerprint density at radius 2 is 2.00 bits per heavy atom. The molecule has 1 aromatic carbocycles. The van der Waals surface area contributed by atoms with Crippen LogP contribution in [0.2, 0.25) is 0 Å². The molecule has 106 valence electrons. The predicted molar refractivity (Wildman–Crippen MR) is 81.9 cm³/mol. The zero-order valence-electron chi connectivity index (χ0n) is 12.5. The minimum atomic E-state index is 0.283. The van der Waals surface area contributed by atoms with E-state index in [0.29, 0.717) is 6.04 Å². The van der Waals surface area contributed by atoms with Gasteiger partial charge in [-0.3, -0.25) is 0 Å². The first-order chi connectivity index (χ1) is 9.17. The summed E-state index contributed by atoms with van der Waals surface area (Å²) in [7, 11) is 0. The highest BCUT2D eigenvalue weighted by atomic mass is 16.5. The molecule has 1 N–H and O–H groups in total. The predicted octanol–water partition coefficient (Wildman–Crippen LogP) is 4.85. The lowest BCUT2D eigenvalue weighted by Gasteiger charge is -2.28. The topological polar surface area (TPSA) is 21.3 Å². The number of anilines is 1. The van der Waals surface area contributed by atoms with Crippen LogP contribution in [0.25, 0.3) is 0 Å². The molecule has 1 aliphatic carbocycles. The highest BCUT2D eigenvalue weighted by molar-refractivity contribution is 5.49. The van der Waals surface area contributed by atoms with Gasteiger partial charge in [-0.2, -0.15) is 0 Å². The van der Waals surface area contributed by atoms with Crippen LogP contribution >= 0.6 is 0 Å². The van der Waals surface area contributed by atoms with E-state index >= 15 is 0 Å². The van der Waals surface area contributed by atoms with Gasteiger partial charge in [0, 0.05) is 17.8 Å². The lowest BCUT2D eigenvalue weighted by Crippen LogP contribution is -2.25. The normalized spacial score (nSPS) is 24.8. The maximum atomic E-state index is 5.87. The Morgan fingerprint density at radius 3 is 2.68 bits per heavy atom. The summed E-state index contributed by atoms with van der Waals surface area (Å²) in [5.74, 6) is 1.88. The lowest BCUT2D eigenvalue weighted by molar-refractivity contribution is 0.217. The van der Waals surface area contributed by atoms with Crippen LogP contribution in [0.5, 0.6) is 5.75 Å². The van der Waals surface area contributed by atoms with Crippen LogP contribution in [0.4, 0.5) is 5.69 Å². The highest BCUT2D eigenvalue weighted by Crippen LogP contribution is 2.27. The average molecular weight is 261 g/mol. The summed E-state index contributed by atoms with van der Waals surface area (Å²) in [4.78, 5) is 0. The number of nitrogens with one attached hydrogen (secondary N) is 1. The second-order valence-electron chi connectivity index (χ2n) is 5.97. The van der Waals surface area contributed by atoms with Crippen molar-refractivity contribution in [2.24, 2.45) is 5.92 Å². The van der Waals surface area contributed by atoms with Crippen LogP contribution < -0.4 is 10.1 Å². The van der Waals surface area contributed by atoms with E-state index in [-0.39, 0.29) is 6.10 Å². The van der Waals surface area contributed by atoms with E-state index in [4.69, 9.17) is 4.74 Å². The van der Waals surface area contributed by atoms with Gasteiger partial charge in [-0.25, -0.2) is 0 Å². The minimum absolute atomic E-state index is 0.283. The fraction of sp³-hybridized carbons (Fsp3) is 0.647. The Kier molecular flexibility index (Phi) is 5.12. The highest BCUT2D eigenvalue weighted by Gasteiger charge is 2.17. The Bertz CT molecular complexity index is 383. The first-order valence-electron chi connectivity index (χ1n) is 7.70. The molecule has 0 aliphatic heterocycles. The molecule has 19 heavy (non-hydrogen) atoms. The van der Waals surface area contributed by atoms with Gasteiger partial charge in [0.05, 0.1) is 6.10 Å². The smallest absolute Gasteiger partial charge is 0.121 e. The lowest BCUT2D eigenvalue weighted by atomic mass is 9.87. The average Bonchev–Trinajstić information content (AvgIpc) is 2.42. The van der Waals surface area contributed by atoms with Crippen LogP contribution in [-0.4, -0.2) is 12.1 Å². The van der Waals surface area contributed by atoms with Gasteiger partial charge >= 0.3 is 0 Å². The molecule has 0 radical (unpaired) electrons. The molecule has 1 fully saturated rings. The largest absolute Gasteiger partial charge is 0.491 e. The Hall–Kier alpha value is -1.18. The second-order valence-corrected chi connectivity index (χ2v) is 5.97. The van der Waals surface area contributed by atoms with Crippen LogP contribution in [0.1, 0.15) is 52.9 Å². The van der Waals surface area contributed by atoms with E-state index in [2.05, 4.69) is 44.3 Å². The molecule has 1 unspecified atom stereocenters. The molecular formula is C17H27NO. The van der Waals surface area contributed by atoms with E-state index in [9.17, 15) is 0 Å². The SMILES string of the molecule is CCC(C)Oc1cccc(NC2CCC(C)CC2)c1. The maximum absolute atomic E-state index is 5.87. The molecule has 0 saturated heterocycles. The zero-order valence-corrected chi connectivity index (χ0v) is 12.5. The van der Waals surface area contributed by atoms with Crippen molar-refractivity contribution in [1.29, 1.82) is 0 Å². The monoisotopic (exact) mass is 261 g/mol. The minimum Gasteiger partial charge on any atom is -0.491 e. The Labute approximate surface area is 117 Å². The summed E-state index contributed by atoms with van der Waals surface area (Å²) in [6.45, 7) is 6.62. The Morgan fingerprint density at radius 1 is 1.26 bits per heavy atom. The molecule has 0 amide bonds. The maximum Gasteiger partial charge on any atom is 0.121 e. The van der Waals surface area contributed by atoms with Crippen molar-refractivity contribution in [1.82, 2.24) is 0 Å². The van der Waals surface area contributed by atoms with E-state index in [1.165, 1.54) is 31.4 Å². The molecule has 0 aromatic heterocycles.